The Kier molecular flexibility index (Phi) is 7.76. The fourth-order valence-corrected chi connectivity index (χ4v) is 3.76. The number of rotatable bonds is 8. The van der Waals surface area contributed by atoms with Crippen molar-refractivity contribution in [2.45, 2.75) is 33.2 Å². The molecule has 2 aromatic carbocycles. The lowest BCUT2D eigenvalue weighted by atomic mass is 10.0. The number of fused-ring (bicyclic) bond motifs is 1. The van der Waals surface area contributed by atoms with Crippen molar-refractivity contribution in [3.63, 3.8) is 0 Å². The van der Waals surface area contributed by atoms with E-state index >= 15 is 0 Å². The molecule has 0 atom stereocenters. The summed E-state index contributed by atoms with van der Waals surface area (Å²) in [5.41, 5.74) is 1.97. The monoisotopic (exact) mass is 472 g/mol. The first-order valence-corrected chi connectivity index (χ1v) is 10.4. The highest BCUT2D eigenvalue weighted by Gasteiger charge is 2.31. The van der Waals surface area contributed by atoms with E-state index in [1.807, 2.05) is 6.07 Å². The predicted octanol–water partition coefficient (Wildman–Crippen LogP) is 5.56. The molecule has 0 saturated heterocycles. The molecule has 0 aliphatic carbocycles. The molecule has 178 valence electrons. The van der Waals surface area contributed by atoms with Crippen molar-refractivity contribution in [3.8, 4) is 6.07 Å². The first kappa shape index (κ1) is 25.0. The molecular formula is C25H23F3N2O4. The molecule has 0 saturated carbocycles. The molecule has 0 aliphatic heterocycles. The maximum absolute atomic E-state index is 13.3. The van der Waals surface area contributed by atoms with Gasteiger partial charge in [0.15, 0.2) is 0 Å². The summed E-state index contributed by atoms with van der Waals surface area (Å²) in [5, 5.41) is 10.2. The number of halogens is 3. The molecule has 3 aromatic rings. The number of carbonyl (C=O) groups excluding carboxylic acids is 1. The molecular weight excluding hydrogens is 449 g/mol. The van der Waals surface area contributed by atoms with E-state index in [-0.39, 0.29) is 25.3 Å². The number of aryl methyl sites for hydroxylation is 1. The molecule has 6 nitrogen and oxygen atoms in total. The number of esters is 1. The van der Waals surface area contributed by atoms with Crippen molar-refractivity contribution in [3.05, 3.63) is 76.0 Å². The van der Waals surface area contributed by atoms with Crippen molar-refractivity contribution in [1.29, 1.82) is 5.26 Å². The minimum Gasteiger partial charge on any atom is -0.462 e. The molecule has 1 heterocycles. The minimum atomic E-state index is -4.46. The molecule has 3 rings (SSSR count). The van der Waals surface area contributed by atoms with Gasteiger partial charge in [-0.25, -0.2) is 14.6 Å². The van der Waals surface area contributed by atoms with E-state index in [0.29, 0.717) is 33.2 Å². The number of hydrogen-bond acceptors (Lipinski definition) is 5. The van der Waals surface area contributed by atoms with Gasteiger partial charge >= 0.3 is 12.1 Å². The Balaban J connectivity index is 2.16. The number of nitrogens with zero attached hydrogens (tertiary/aromatic N) is 2. The van der Waals surface area contributed by atoms with Crippen LogP contribution in [0.3, 0.4) is 0 Å². The van der Waals surface area contributed by atoms with E-state index in [4.69, 9.17) is 14.5 Å². The average molecular weight is 472 g/mol. The highest BCUT2D eigenvalue weighted by atomic mass is 19.4. The van der Waals surface area contributed by atoms with Gasteiger partial charge in [-0.1, -0.05) is 23.8 Å². The van der Waals surface area contributed by atoms with Gasteiger partial charge in [-0.3, -0.25) is 0 Å². The van der Waals surface area contributed by atoms with Crippen LogP contribution in [0.1, 0.15) is 34.7 Å². The summed E-state index contributed by atoms with van der Waals surface area (Å²) in [4.78, 5) is 22.0. The molecule has 0 aliphatic rings. The Labute approximate surface area is 194 Å². The van der Waals surface area contributed by atoms with Gasteiger partial charge in [0.25, 0.3) is 0 Å². The first-order valence-electron chi connectivity index (χ1n) is 10.4. The van der Waals surface area contributed by atoms with Gasteiger partial charge in [0, 0.05) is 29.2 Å². The maximum atomic E-state index is 13.3. The zero-order chi connectivity index (χ0) is 24.9. The normalized spacial score (nSPS) is 12.1. The smallest absolute Gasteiger partial charge is 0.416 e. The standard InChI is InChI=1S/C25H23F3N2O4/c1-4-33-24(31)19(12-29)11-20-14-30(22-7-5-6-18(23(20)22)15-34-32-3)13-17-8-16(2)9-21(10-17)25(26,27)28/h5-11,14H,4,13,15H2,1-3H3/b19-11+. The SMILES string of the molecule is CCOC(=O)/C(C#N)=C/c1cn(Cc2cc(C)cc(C(F)(F)F)c2)c2cccc(COOC)c12. The minimum absolute atomic E-state index is 0.0860. The Morgan fingerprint density at radius 3 is 2.65 bits per heavy atom. The second-order valence-corrected chi connectivity index (χ2v) is 7.55. The lowest BCUT2D eigenvalue weighted by Gasteiger charge is -2.12. The zero-order valence-electron chi connectivity index (χ0n) is 18.9. The summed E-state index contributed by atoms with van der Waals surface area (Å²) in [7, 11) is 1.37. The molecule has 34 heavy (non-hydrogen) atoms. The fourth-order valence-electron chi connectivity index (χ4n) is 3.76. The van der Waals surface area contributed by atoms with E-state index in [9.17, 15) is 23.2 Å². The lowest BCUT2D eigenvalue weighted by Crippen LogP contribution is -2.07. The summed E-state index contributed by atoms with van der Waals surface area (Å²) in [5.74, 6) is -0.759. The van der Waals surface area contributed by atoms with E-state index in [1.165, 1.54) is 13.2 Å². The first-order chi connectivity index (χ1) is 16.2. The largest absolute Gasteiger partial charge is 0.462 e. The Morgan fingerprint density at radius 2 is 2.00 bits per heavy atom. The number of aromatic nitrogens is 1. The molecule has 0 amide bonds. The van der Waals surface area contributed by atoms with Crippen molar-refractivity contribution in [2.75, 3.05) is 13.7 Å². The summed E-state index contributed by atoms with van der Waals surface area (Å²) >= 11 is 0. The number of alkyl halides is 3. The molecule has 0 bridgehead atoms. The molecule has 0 radical (unpaired) electrons. The van der Waals surface area contributed by atoms with Crippen LogP contribution in [0.2, 0.25) is 0 Å². The third-order valence-corrected chi connectivity index (χ3v) is 5.09. The van der Waals surface area contributed by atoms with Crippen molar-refractivity contribution >= 4 is 22.9 Å². The molecule has 0 fully saturated rings. The summed E-state index contributed by atoms with van der Waals surface area (Å²) in [6.07, 6.45) is -1.36. The van der Waals surface area contributed by atoms with Gasteiger partial charge in [-0.15, -0.1) is 0 Å². The predicted molar refractivity (Wildman–Crippen MR) is 119 cm³/mol. The summed E-state index contributed by atoms with van der Waals surface area (Å²) in [6, 6.07) is 11.1. The van der Waals surface area contributed by atoms with Crippen LogP contribution in [0.15, 0.2) is 48.2 Å². The van der Waals surface area contributed by atoms with Crippen LogP contribution in [0.5, 0.6) is 0 Å². The van der Waals surface area contributed by atoms with Crippen molar-refractivity contribution < 1.29 is 32.5 Å². The van der Waals surface area contributed by atoms with Crippen LogP contribution in [0, 0.1) is 18.3 Å². The number of carbonyl (C=O) groups is 1. The van der Waals surface area contributed by atoms with Crippen LogP contribution < -0.4 is 0 Å². The lowest BCUT2D eigenvalue weighted by molar-refractivity contribution is -0.282. The number of benzene rings is 2. The Hall–Kier alpha value is -3.61. The fraction of sp³-hybridized carbons (Fsp3) is 0.280. The average Bonchev–Trinajstić information content (AvgIpc) is 3.12. The Bertz CT molecular complexity index is 1270. The van der Waals surface area contributed by atoms with Gasteiger partial charge in [-0.2, -0.15) is 18.4 Å². The maximum Gasteiger partial charge on any atom is 0.416 e. The van der Waals surface area contributed by atoms with Crippen LogP contribution in [-0.2, 0) is 38.6 Å². The number of ether oxygens (including phenoxy) is 1. The zero-order valence-corrected chi connectivity index (χ0v) is 18.9. The van der Waals surface area contributed by atoms with E-state index < -0.39 is 17.7 Å². The molecule has 1 aromatic heterocycles. The van der Waals surface area contributed by atoms with Crippen LogP contribution in [0.25, 0.3) is 17.0 Å². The van der Waals surface area contributed by atoms with Gasteiger partial charge < -0.3 is 9.30 Å². The van der Waals surface area contributed by atoms with E-state index in [0.717, 1.165) is 12.1 Å². The van der Waals surface area contributed by atoms with Crippen molar-refractivity contribution in [2.24, 2.45) is 0 Å². The number of nitriles is 1. The van der Waals surface area contributed by atoms with E-state index in [2.05, 4.69) is 0 Å². The van der Waals surface area contributed by atoms with Gasteiger partial charge in [0.05, 0.1) is 19.3 Å². The molecule has 9 heteroatoms. The third kappa shape index (κ3) is 5.65. The molecule has 0 spiro atoms. The highest BCUT2D eigenvalue weighted by molar-refractivity contribution is 6.02. The summed E-state index contributed by atoms with van der Waals surface area (Å²) < 4.78 is 46.7. The topological polar surface area (TPSA) is 73.5 Å². The quantitative estimate of drug-likeness (QED) is 0.141. The number of hydrogen-bond donors (Lipinski definition) is 0. The van der Waals surface area contributed by atoms with Crippen LogP contribution in [0.4, 0.5) is 13.2 Å². The third-order valence-electron chi connectivity index (χ3n) is 5.09. The second kappa shape index (κ2) is 10.5. The van der Waals surface area contributed by atoms with E-state index in [1.54, 1.807) is 48.9 Å². The van der Waals surface area contributed by atoms with Gasteiger partial charge in [0.1, 0.15) is 18.2 Å². The second-order valence-electron chi connectivity index (χ2n) is 7.55. The highest BCUT2D eigenvalue weighted by Crippen LogP contribution is 2.32. The van der Waals surface area contributed by atoms with Gasteiger partial charge in [-0.05, 0) is 49.2 Å². The van der Waals surface area contributed by atoms with Crippen molar-refractivity contribution in [1.82, 2.24) is 4.57 Å². The summed E-state index contributed by atoms with van der Waals surface area (Å²) in [6.45, 7) is 3.59. The van der Waals surface area contributed by atoms with Gasteiger partial charge in [0.2, 0.25) is 0 Å². The van der Waals surface area contributed by atoms with Crippen LogP contribution >= 0.6 is 0 Å². The molecule has 0 N–H and O–H groups in total. The molecule has 0 unspecified atom stereocenters. The van der Waals surface area contributed by atoms with Crippen LogP contribution in [-0.4, -0.2) is 24.3 Å². The Morgan fingerprint density at radius 1 is 1.24 bits per heavy atom.